The fourth-order valence-electron chi connectivity index (χ4n) is 7.30. The van der Waals surface area contributed by atoms with E-state index in [2.05, 4.69) is 0 Å². The van der Waals surface area contributed by atoms with Crippen LogP contribution in [0.15, 0.2) is 60.4 Å². The lowest BCUT2D eigenvalue weighted by Crippen LogP contribution is -2.64. The number of methoxy groups -OCH3 is 1. The van der Waals surface area contributed by atoms with Gasteiger partial charge in [-0.15, -0.1) is 0 Å². The van der Waals surface area contributed by atoms with Crippen molar-refractivity contribution < 1.29 is 114 Å². The molecule has 3 saturated heterocycles. The largest absolute Gasteiger partial charge is 0.508 e. The number of phenols is 5. The summed E-state index contributed by atoms with van der Waals surface area (Å²) in [7, 11) is 1.34. The third-order valence-corrected chi connectivity index (χ3v) is 10.9. The van der Waals surface area contributed by atoms with Gasteiger partial charge in [0.2, 0.25) is 6.29 Å². The van der Waals surface area contributed by atoms with Crippen LogP contribution in [0.3, 0.4) is 0 Å². The lowest BCUT2D eigenvalue weighted by molar-refractivity contribution is -0.360. The predicted octanol–water partition coefficient (Wildman–Crippen LogP) is -1.93. The number of aliphatic hydroxyl groups excluding tert-OH is 8. The Morgan fingerprint density at radius 3 is 2.14 bits per heavy atom. The molecule has 0 spiro atoms. The fraction of sp³-hybridized carbons (Fsp3) is 0.452. The van der Waals surface area contributed by atoms with Crippen molar-refractivity contribution in [2.45, 2.75) is 92.1 Å². The Morgan fingerprint density at radius 2 is 1.40 bits per heavy atom. The first-order valence-electron chi connectivity index (χ1n) is 19.9. The smallest absolute Gasteiger partial charge is 0.330 e. The van der Waals surface area contributed by atoms with Gasteiger partial charge in [0, 0.05) is 23.8 Å². The van der Waals surface area contributed by atoms with Gasteiger partial charge < -0.3 is 109 Å². The highest BCUT2D eigenvalue weighted by atomic mass is 16.8. The molecule has 0 amide bonds. The van der Waals surface area contributed by atoms with Crippen LogP contribution in [0.25, 0.3) is 12.2 Å². The molecular weight excluding hydrogens is 872 g/mol. The van der Waals surface area contributed by atoms with Gasteiger partial charge in [-0.05, 0) is 42.0 Å². The maximum absolute atomic E-state index is 12.5. The summed E-state index contributed by atoms with van der Waals surface area (Å²) in [5.41, 5.74) is 0.577. The van der Waals surface area contributed by atoms with E-state index in [1.807, 2.05) is 0 Å². The van der Waals surface area contributed by atoms with Crippen molar-refractivity contribution in [1.29, 1.82) is 0 Å². The Kier molecular flexibility index (Phi) is 14.5. The molecule has 23 heteroatoms. The predicted molar refractivity (Wildman–Crippen MR) is 213 cm³/mol. The number of carbonyl (C=O) groups is 1. The van der Waals surface area contributed by atoms with Gasteiger partial charge in [-0.2, -0.15) is 0 Å². The molecule has 0 saturated carbocycles. The molecule has 0 radical (unpaired) electrons. The summed E-state index contributed by atoms with van der Waals surface area (Å²) in [5, 5.41) is 137. The Hall–Kier alpha value is -5.51. The summed E-state index contributed by atoms with van der Waals surface area (Å²) < 4.78 is 51.2. The summed E-state index contributed by atoms with van der Waals surface area (Å²) in [4.78, 5) is 12.5. The average molecular weight is 921 g/mol. The minimum Gasteiger partial charge on any atom is -0.508 e. The average Bonchev–Trinajstić information content (AvgIpc) is 3.28. The molecule has 0 unspecified atom stereocenters. The van der Waals surface area contributed by atoms with Crippen LogP contribution in [0.2, 0.25) is 0 Å². The molecule has 3 aromatic carbocycles. The SMILES string of the molecule is COc1cc(/C=C/C(=O)OC[C@H]2O[C@@H](OC[C@H]3O[C@@H](OC4=Cc5c(O)cc(O)cc5O[C@H]4c4ccc(O)c(O)c4)[C@H](O[C@@H]4OC[C@@H](O)[C@H](O)[C@H]4O)[C@@H](O)[C@H]3O)[C@H](O)[C@@H](O)[C@@H]2O)ccc1O. The van der Waals surface area contributed by atoms with Crippen molar-refractivity contribution in [1.82, 2.24) is 0 Å². The summed E-state index contributed by atoms with van der Waals surface area (Å²) in [6.45, 7) is -1.94. The topological polar surface area (TPSA) is 363 Å². The number of esters is 1. The molecule has 0 aliphatic carbocycles. The van der Waals surface area contributed by atoms with Gasteiger partial charge in [0.1, 0.15) is 90.7 Å². The Balaban J connectivity index is 1.10. The zero-order valence-corrected chi connectivity index (χ0v) is 34.0. The molecular formula is C42H48O23. The maximum Gasteiger partial charge on any atom is 0.330 e. The zero-order chi connectivity index (χ0) is 46.9. The molecule has 13 N–H and O–H groups in total. The molecule has 0 aromatic heterocycles. The first-order valence-corrected chi connectivity index (χ1v) is 19.9. The molecule has 354 valence electrons. The number of fused-ring (bicyclic) bond motifs is 1. The highest BCUT2D eigenvalue weighted by molar-refractivity contribution is 5.87. The van der Waals surface area contributed by atoms with Crippen molar-refractivity contribution in [3.8, 4) is 40.2 Å². The van der Waals surface area contributed by atoms with Crippen molar-refractivity contribution in [2.75, 3.05) is 26.9 Å². The third kappa shape index (κ3) is 10.3. The van der Waals surface area contributed by atoms with Gasteiger partial charge in [0.15, 0.2) is 47.8 Å². The van der Waals surface area contributed by atoms with E-state index in [0.29, 0.717) is 5.56 Å². The van der Waals surface area contributed by atoms with Crippen LogP contribution in [-0.2, 0) is 38.0 Å². The second kappa shape index (κ2) is 19.9. The Labute approximate surface area is 367 Å². The van der Waals surface area contributed by atoms with E-state index in [1.54, 1.807) is 0 Å². The van der Waals surface area contributed by atoms with Crippen molar-refractivity contribution >= 4 is 18.1 Å². The standard InChI is InChI=1S/C42H48O23/c1-57-26-8-16(2-5-21(26)45)3-7-30(49)58-14-28-32(51)34(53)37(56)40(63-28)60-15-29-33(52)35(54)39(65-41-36(55)31(50)24(48)13-59-41)42(64-29)62-27-12-19-22(46)10-18(43)11-25(19)61-38(27)17-4-6-20(44)23(47)9-17/h2-12,24,28-29,31-48,50-56H,13-15H2,1H3/b7-3+/t24-,28-,29-,31+,32-,33+,34+,35+,36-,37-,38+,39-,40-,41+,42-/m1/s1. The molecule has 3 aromatic rings. The monoisotopic (exact) mass is 920 g/mol. The molecule has 4 heterocycles. The second-order valence-electron chi connectivity index (χ2n) is 15.4. The van der Waals surface area contributed by atoms with E-state index in [4.69, 9.17) is 42.6 Å². The molecule has 0 bridgehead atoms. The summed E-state index contributed by atoms with van der Waals surface area (Å²) in [6.07, 6.45) is -22.9. The van der Waals surface area contributed by atoms with Gasteiger partial charge in [-0.25, -0.2) is 4.79 Å². The van der Waals surface area contributed by atoms with Crippen LogP contribution in [0.4, 0.5) is 0 Å². The number of aliphatic hydroxyl groups is 8. The number of hydrogen-bond acceptors (Lipinski definition) is 23. The molecule has 4 aliphatic heterocycles. The minimum atomic E-state index is -2.02. The Morgan fingerprint density at radius 1 is 0.708 bits per heavy atom. The molecule has 4 aliphatic rings. The van der Waals surface area contributed by atoms with E-state index < -0.39 is 135 Å². The number of aromatic hydroxyl groups is 5. The van der Waals surface area contributed by atoms with Crippen LogP contribution < -0.4 is 9.47 Å². The van der Waals surface area contributed by atoms with E-state index in [0.717, 1.165) is 24.3 Å². The molecule has 3 fully saturated rings. The van der Waals surface area contributed by atoms with E-state index in [-0.39, 0.29) is 39.9 Å². The molecule has 23 nitrogen and oxygen atoms in total. The van der Waals surface area contributed by atoms with E-state index >= 15 is 0 Å². The minimum absolute atomic E-state index is 0.0209. The maximum atomic E-state index is 12.5. The van der Waals surface area contributed by atoms with Crippen LogP contribution in [-0.4, -0.2) is 185 Å². The summed E-state index contributed by atoms with van der Waals surface area (Å²) >= 11 is 0. The fourth-order valence-corrected chi connectivity index (χ4v) is 7.30. The highest BCUT2D eigenvalue weighted by Crippen LogP contribution is 2.46. The Bertz CT molecular complexity index is 2220. The van der Waals surface area contributed by atoms with Crippen LogP contribution in [0.1, 0.15) is 22.8 Å². The normalized spacial score (nSPS) is 33.7. The van der Waals surface area contributed by atoms with Gasteiger partial charge in [-0.3, -0.25) is 0 Å². The lowest BCUT2D eigenvalue weighted by Gasteiger charge is -2.46. The molecule has 65 heavy (non-hydrogen) atoms. The van der Waals surface area contributed by atoms with Gasteiger partial charge >= 0.3 is 5.97 Å². The first-order chi connectivity index (χ1) is 30.9. The summed E-state index contributed by atoms with van der Waals surface area (Å²) in [5.74, 6) is -3.08. The number of hydrogen-bond donors (Lipinski definition) is 13. The van der Waals surface area contributed by atoms with E-state index in [1.165, 1.54) is 49.6 Å². The number of carbonyl (C=O) groups excluding carboxylic acids is 1. The second-order valence-corrected chi connectivity index (χ2v) is 15.4. The number of ether oxygens (including phenoxy) is 9. The first kappa shape index (κ1) is 47.5. The van der Waals surface area contributed by atoms with Gasteiger partial charge in [0.25, 0.3) is 0 Å². The number of phenolic OH excluding ortho intramolecular Hbond substituents is 5. The number of rotatable bonds is 13. The van der Waals surface area contributed by atoms with Gasteiger partial charge in [-0.1, -0.05) is 12.1 Å². The van der Waals surface area contributed by atoms with Gasteiger partial charge in [0.05, 0.1) is 25.9 Å². The summed E-state index contributed by atoms with van der Waals surface area (Å²) in [6, 6.07) is 10.1. The van der Waals surface area contributed by atoms with E-state index in [9.17, 15) is 71.2 Å². The van der Waals surface area contributed by atoms with Crippen LogP contribution in [0, 0.1) is 0 Å². The van der Waals surface area contributed by atoms with Crippen LogP contribution in [0.5, 0.6) is 40.2 Å². The highest BCUT2D eigenvalue weighted by Gasteiger charge is 2.52. The number of benzene rings is 3. The quantitative estimate of drug-likeness (QED) is 0.0504. The molecule has 15 atom stereocenters. The molecule has 7 rings (SSSR count). The van der Waals surface area contributed by atoms with Crippen molar-refractivity contribution in [3.63, 3.8) is 0 Å². The zero-order valence-electron chi connectivity index (χ0n) is 34.0. The van der Waals surface area contributed by atoms with Crippen molar-refractivity contribution in [3.05, 3.63) is 77.1 Å². The van der Waals surface area contributed by atoms with Crippen molar-refractivity contribution in [2.24, 2.45) is 0 Å². The van der Waals surface area contributed by atoms with Crippen LogP contribution >= 0.6 is 0 Å². The lowest BCUT2D eigenvalue weighted by atomic mass is 9.97. The third-order valence-electron chi connectivity index (χ3n) is 10.9.